The van der Waals surface area contributed by atoms with Crippen molar-refractivity contribution in [2.75, 3.05) is 5.32 Å². The van der Waals surface area contributed by atoms with Gasteiger partial charge in [-0.15, -0.1) is 5.10 Å². The minimum absolute atomic E-state index is 0.215. The summed E-state index contributed by atoms with van der Waals surface area (Å²) in [6, 6.07) is 8.20. The van der Waals surface area contributed by atoms with Crippen LogP contribution in [0.5, 0.6) is 0 Å². The van der Waals surface area contributed by atoms with E-state index >= 15 is 0 Å². The Hall–Kier alpha value is -3.00. The summed E-state index contributed by atoms with van der Waals surface area (Å²) in [5.74, 6) is -0.804. The van der Waals surface area contributed by atoms with Crippen molar-refractivity contribution < 1.29 is 18.7 Å². The maximum atomic E-state index is 12.5. The van der Waals surface area contributed by atoms with Crippen molar-refractivity contribution in [2.45, 2.75) is 26.4 Å². The number of aromatic nitrogens is 2. The maximum absolute atomic E-state index is 12.5. The molecule has 0 spiro atoms. The van der Waals surface area contributed by atoms with Crippen molar-refractivity contribution in [2.24, 2.45) is 0 Å². The molecule has 8 heteroatoms. The first-order valence-electron chi connectivity index (χ1n) is 7.83. The third kappa shape index (κ3) is 4.15. The average Bonchev–Trinajstić information content (AvgIpc) is 3.25. The molecular weight excluding hydrogens is 354 g/mol. The van der Waals surface area contributed by atoms with Crippen LogP contribution in [0.15, 0.2) is 47.3 Å². The minimum Gasteiger partial charge on any atom is -0.472 e. The van der Waals surface area contributed by atoms with Gasteiger partial charge in [-0.2, -0.15) is 0 Å². The number of carbonyl (C=O) groups excluding carboxylic acids is 2. The highest BCUT2D eigenvalue weighted by Gasteiger charge is 2.20. The predicted octanol–water partition coefficient (Wildman–Crippen LogP) is 4.01. The molecule has 0 bridgehead atoms. The van der Waals surface area contributed by atoms with Crippen molar-refractivity contribution in [3.05, 3.63) is 54.1 Å². The molecule has 0 saturated heterocycles. The van der Waals surface area contributed by atoms with Crippen LogP contribution >= 0.6 is 11.5 Å². The van der Waals surface area contributed by atoms with Crippen LogP contribution < -0.4 is 5.32 Å². The highest BCUT2D eigenvalue weighted by Crippen LogP contribution is 2.27. The first kappa shape index (κ1) is 17.8. The van der Waals surface area contributed by atoms with E-state index in [2.05, 4.69) is 14.9 Å². The largest absolute Gasteiger partial charge is 0.472 e. The van der Waals surface area contributed by atoms with Gasteiger partial charge >= 0.3 is 5.97 Å². The fraction of sp³-hybridized carbons (Fsp3) is 0.222. The van der Waals surface area contributed by atoms with E-state index in [4.69, 9.17) is 9.15 Å². The van der Waals surface area contributed by atoms with Gasteiger partial charge in [0.05, 0.1) is 23.0 Å². The number of esters is 1. The molecule has 3 rings (SSSR count). The molecule has 1 aromatic carbocycles. The van der Waals surface area contributed by atoms with E-state index in [0.717, 1.165) is 17.1 Å². The number of rotatable bonds is 4. The maximum Gasteiger partial charge on any atom is 0.338 e. The summed E-state index contributed by atoms with van der Waals surface area (Å²) in [6.07, 6.45) is 3.05. The molecule has 134 valence electrons. The lowest BCUT2D eigenvalue weighted by molar-refractivity contribution is 0.00695. The van der Waals surface area contributed by atoms with Crippen molar-refractivity contribution in [1.82, 2.24) is 9.59 Å². The smallest absolute Gasteiger partial charge is 0.338 e. The highest BCUT2D eigenvalue weighted by molar-refractivity contribution is 7.09. The summed E-state index contributed by atoms with van der Waals surface area (Å²) >= 11 is 1.11. The van der Waals surface area contributed by atoms with Crippen molar-refractivity contribution in [1.29, 1.82) is 0 Å². The van der Waals surface area contributed by atoms with Gasteiger partial charge in [-0.05, 0) is 62.6 Å². The van der Waals surface area contributed by atoms with E-state index in [9.17, 15) is 9.59 Å². The van der Waals surface area contributed by atoms with Gasteiger partial charge in [0.15, 0.2) is 5.69 Å². The number of amides is 1. The van der Waals surface area contributed by atoms with Crippen LogP contribution in [-0.4, -0.2) is 27.1 Å². The van der Waals surface area contributed by atoms with E-state index in [0.29, 0.717) is 16.1 Å². The Balaban J connectivity index is 1.71. The van der Waals surface area contributed by atoms with E-state index in [1.54, 1.807) is 51.1 Å². The standard InChI is InChI=1S/C18H17N3O4S/c1-18(2,3)25-17(23)11-4-6-13(7-5-11)19-16(22)14-15(26-21-20-14)12-8-9-24-10-12/h4-10H,1-3H3,(H,19,22). The molecule has 26 heavy (non-hydrogen) atoms. The van der Waals surface area contributed by atoms with Gasteiger partial charge in [0.2, 0.25) is 0 Å². The monoisotopic (exact) mass is 371 g/mol. The van der Waals surface area contributed by atoms with Crippen LogP contribution in [-0.2, 0) is 4.74 Å². The quantitative estimate of drug-likeness (QED) is 0.697. The molecule has 1 amide bonds. The van der Waals surface area contributed by atoms with Gasteiger partial charge in [-0.1, -0.05) is 4.49 Å². The number of hydrogen-bond donors (Lipinski definition) is 1. The molecule has 0 saturated carbocycles. The van der Waals surface area contributed by atoms with E-state index in [1.807, 2.05) is 0 Å². The Kier molecular flexibility index (Phi) is 4.85. The topological polar surface area (TPSA) is 94.3 Å². The summed E-state index contributed by atoms with van der Waals surface area (Å²) in [5, 5.41) is 6.64. The van der Waals surface area contributed by atoms with E-state index < -0.39 is 11.6 Å². The average molecular weight is 371 g/mol. The number of anilines is 1. The molecule has 0 aliphatic carbocycles. The Morgan fingerprint density at radius 3 is 2.50 bits per heavy atom. The number of nitrogens with one attached hydrogen (secondary N) is 1. The minimum atomic E-state index is -0.564. The molecule has 0 atom stereocenters. The third-order valence-electron chi connectivity index (χ3n) is 3.26. The Morgan fingerprint density at radius 2 is 1.88 bits per heavy atom. The van der Waals surface area contributed by atoms with Gasteiger partial charge in [-0.3, -0.25) is 4.79 Å². The zero-order chi connectivity index (χ0) is 18.7. The molecule has 7 nitrogen and oxygen atoms in total. The molecule has 0 aliphatic heterocycles. The number of nitrogens with zero attached hydrogens (tertiary/aromatic N) is 2. The lowest BCUT2D eigenvalue weighted by Crippen LogP contribution is -2.23. The molecule has 0 unspecified atom stereocenters. The number of benzene rings is 1. The second-order valence-electron chi connectivity index (χ2n) is 6.50. The Labute approximate surface area is 154 Å². The normalized spacial score (nSPS) is 11.2. The number of hydrogen-bond acceptors (Lipinski definition) is 7. The summed E-state index contributed by atoms with van der Waals surface area (Å²) in [7, 11) is 0. The van der Waals surface area contributed by atoms with Crippen LogP contribution in [0.4, 0.5) is 5.69 Å². The second-order valence-corrected chi connectivity index (χ2v) is 7.25. The molecule has 2 heterocycles. The number of carbonyl (C=O) groups is 2. The number of ether oxygens (including phenoxy) is 1. The molecular formula is C18H17N3O4S. The zero-order valence-corrected chi connectivity index (χ0v) is 15.3. The Bertz CT molecular complexity index is 909. The van der Waals surface area contributed by atoms with Crippen LogP contribution in [0.2, 0.25) is 0 Å². The summed E-state index contributed by atoms with van der Waals surface area (Å²) in [5.41, 5.74) is 1.34. The fourth-order valence-electron chi connectivity index (χ4n) is 2.14. The molecule has 0 aliphatic rings. The SMILES string of the molecule is CC(C)(C)OC(=O)c1ccc(NC(=O)c2nnsc2-c2ccoc2)cc1. The third-order valence-corrected chi connectivity index (χ3v) is 4.04. The van der Waals surface area contributed by atoms with E-state index in [-0.39, 0.29) is 11.6 Å². The lowest BCUT2D eigenvalue weighted by Gasteiger charge is -2.19. The fourth-order valence-corrected chi connectivity index (χ4v) is 2.78. The van der Waals surface area contributed by atoms with Gasteiger partial charge in [0, 0.05) is 11.3 Å². The number of furan rings is 1. The molecule has 1 N–H and O–H groups in total. The second kappa shape index (κ2) is 7.09. The van der Waals surface area contributed by atoms with Crippen LogP contribution in [0.3, 0.4) is 0 Å². The molecule has 0 radical (unpaired) electrons. The van der Waals surface area contributed by atoms with Crippen molar-refractivity contribution >= 4 is 29.1 Å². The first-order valence-corrected chi connectivity index (χ1v) is 8.60. The Morgan fingerprint density at radius 1 is 1.15 bits per heavy atom. The van der Waals surface area contributed by atoms with Gasteiger partial charge in [0.25, 0.3) is 5.91 Å². The van der Waals surface area contributed by atoms with Crippen LogP contribution in [0.1, 0.15) is 41.6 Å². The van der Waals surface area contributed by atoms with Crippen molar-refractivity contribution in [3.8, 4) is 10.4 Å². The summed E-state index contributed by atoms with van der Waals surface area (Å²) in [4.78, 5) is 25.1. The molecule has 3 aromatic rings. The highest BCUT2D eigenvalue weighted by atomic mass is 32.1. The molecule has 0 fully saturated rings. The predicted molar refractivity (Wildman–Crippen MR) is 97.2 cm³/mol. The first-order chi connectivity index (χ1) is 12.3. The van der Waals surface area contributed by atoms with Gasteiger partial charge in [-0.25, -0.2) is 4.79 Å². The molecule has 2 aromatic heterocycles. The zero-order valence-electron chi connectivity index (χ0n) is 14.5. The summed E-state index contributed by atoms with van der Waals surface area (Å²) < 4.78 is 14.2. The van der Waals surface area contributed by atoms with Crippen LogP contribution in [0.25, 0.3) is 10.4 Å². The summed E-state index contributed by atoms with van der Waals surface area (Å²) in [6.45, 7) is 5.41. The van der Waals surface area contributed by atoms with E-state index in [1.165, 1.54) is 12.5 Å². The van der Waals surface area contributed by atoms with Gasteiger partial charge in [0.1, 0.15) is 5.60 Å². The van der Waals surface area contributed by atoms with Crippen molar-refractivity contribution in [3.63, 3.8) is 0 Å². The lowest BCUT2D eigenvalue weighted by atomic mass is 10.1. The van der Waals surface area contributed by atoms with Gasteiger partial charge < -0.3 is 14.5 Å². The van der Waals surface area contributed by atoms with Crippen LogP contribution in [0, 0.1) is 0 Å².